The first-order valence-electron chi connectivity index (χ1n) is 7.46. The van der Waals surface area contributed by atoms with Gasteiger partial charge in [-0.3, -0.25) is 0 Å². The molecule has 1 saturated heterocycles. The molecule has 1 heterocycles. The maximum atomic E-state index is 11.5. The maximum Gasteiger partial charge on any atom is 0.238 e. The number of benzene rings is 1. The van der Waals surface area contributed by atoms with E-state index in [9.17, 15) is 8.42 Å². The Morgan fingerprint density at radius 2 is 1.95 bits per heavy atom. The number of sulfonamides is 1. The molecule has 6 heteroatoms. The van der Waals surface area contributed by atoms with Crippen molar-refractivity contribution in [1.82, 2.24) is 0 Å². The Morgan fingerprint density at radius 1 is 1.24 bits per heavy atom. The van der Waals surface area contributed by atoms with Gasteiger partial charge in [0.2, 0.25) is 10.0 Å². The second-order valence-electron chi connectivity index (χ2n) is 6.19. The first kappa shape index (κ1) is 16.1. The van der Waals surface area contributed by atoms with Crippen molar-refractivity contribution in [2.24, 2.45) is 17.0 Å². The molecule has 0 aliphatic carbocycles. The maximum absolute atomic E-state index is 11.5. The van der Waals surface area contributed by atoms with Gasteiger partial charge < -0.3 is 10.6 Å². The predicted octanol–water partition coefficient (Wildman–Crippen LogP) is 2.18. The summed E-state index contributed by atoms with van der Waals surface area (Å²) in [6.45, 7) is 6.33. The van der Waals surface area contributed by atoms with Crippen LogP contribution < -0.4 is 15.8 Å². The number of rotatable bonds is 3. The third kappa shape index (κ3) is 3.89. The zero-order valence-electron chi connectivity index (χ0n) is 12.7. The highest BCUT2D eigenvalue weighted by Gasteiger charge is 2.21. The number of nitrogen functional groups attached to an aromatic ring is 1. The van der Waals surface area contributed by atoms with Gasteiger partial charge in [-0.05, 0) is 49.3 Å². The average molecular weight is 311 g/mol. The summed E-state index contributed by atoms with van der Waals surface area (Å²) >= 11 is 0. The minimum absolute atomic E-state index is 0.122. The average Bonchev–Trinajstić information content (AvgIpc) is 2.63. The molecule has 0 aromatic heterocycles. The Balaban J connectivity index is 2.25. The van der Waals surface area contributed by atoms with Gasteiger partial charge in [0.25, 0.3) is 0 Å². The van der Waals surface area contributed by atoms with Crippen LogP contribution >= 0.6 is 0 Å². The molecule has 0 amide bonds. The van der Waals surface area contributed by atoms with Crippen molar-refractivity contribution in [3.05, 3.63) is 18.2 Å². The predicted molar refractivity (Wildman–Crippen MR) is 86.6 cm³/mol. The summed E-state index contributed by atoms with van der Waals surface area (Å²) in [5.41, 5.74) is 7.42. The summed E-state index contributed by atoms with van der Waals surface area (Å²) in [5.74, 6) is 1.40. The fraction of sp³-hybridized carbons (Fsp3) is 0.600. The molecule has 0 spiro atoms. The van der Waals surface area contributed by atoms with Crippen LogP contribution in [0.2, 0.25) is 0 Å². The van der Waals surface area contributed by atoms with E-state index in [0.29, 0.717) is 11.6 Å². The van der Waals surface area contributed by atoms with Crippen LogP contribution in [0.4, 0.5) is 11.4 Å². The van der Waals surface area contributed by atoms with Gasteiger partial charge >= 0.3 is 0 Å². The Bertz CT molecular complexity index is 599. The molecule has 21 heavy (non-hydrogen) atoms. The van der Waals surface area contributed by atoms with Crippen molar-refractivity contribution in [2.75, 3.05) is 23.7 Å². The van der Waals surface area contributed by atoms with Gasteiger partial charge in [0.05, 0.1) is 16.3 Å². The number of nitrogens with two attached hydrogens (primary N) is 2. The van der Waals surface area contributed by atoms with Crippen molar-refractivity contribution in [2.45, 2.75) is 38.0 Å². The van der Waals surface area contributed by atoms with E-state index >= 15 is 0 Å². The number of anilines is 2. The Morgan fingerprint density at radius 3 is 2.57 bits per heavy atom. The van der Waals surface area contributed by atoms with Crippen LogP contribution in [0.3, 0.4) is 0 Å². The van der Waals surface area contributed by atoms with Crippen LogP contribution in [0.15, 0.2) is 23.1 Å². The van der Waals surface area contributed by atoms with E-state index < -0.39 is 10.0 Å². The summed E-state index contributed by atoms with van der Waals surface area (Å²) in [4.78, 5) is 2.31. The van der Waals surface area contributed by atoms with Crippen LogP contribution in [0.25, 0.3) is 0 Å². The standard InChI is InChI=1S/C15H25N3O2S/c1-11(2)12-4-3-8-18(9-7-12)15-10-13(21(17,19)20)5-6-14(15)16/h5-6,10-12H,3-4,7-9,16H2,1-2H3,(H2,17,19,20). The SMILES string of the molecule is CC(C)C1CCCN(c2cc(S(N)(=O)=O)ccc2N)CC1. The van der Waals surface area contributed by atoms with Crippen molar-refractivity contribution >= 4 is 21.4 Å². The summed E-state index contributed by atoms with van der Waals surface area (Å²) in [5, 5.41) is 5.21. The molecule has 1 aromatic carbocycles. The van der Waals surface area contributed by atoms with E-state index in [4.69, 9.17) is 10.9 Å². The van der Waals surface area contributed by atoms with Crippen molar-refractivity contribution in [3.63, 3.8) is 0 Å². The van der Waals surface area contributed by atoms with Crippen molar-refractivity contribution in [3.8, 4) is 0 Å². The molecule has 5 nitrogen and oxygen atoms in total. The second-order valence-corrected chi connectivity index (χ2v) is 7.75. The first-order valence-corrected chi connectivity index (χ1v) is 9.01. The topological polar surface area (TPSA) is 89.4 Å². The molecule has 0 radical (unpaired) electrons. The minimum atomic E-state index is -3.70. The fourth-order valence-electron chi connectivity index (χ4n) is 3.00. The van der Waals surface area contributed by atoms with E-state index in [-0.39, 0.29) is 4.90 Å². The smallest absolute Gasteiger partial charge is 0.238 e. The highest BCUT2D eigenvalue weighted by atomic mass is 32.2. The van der Waals surface area contributed by atoms with Gasteiger partial charge in [0.1, 0.15) is 0 Å². The molecule has 1 unspecified atom stereocenters. The van der Waals surface area contributed by atoms with Crippen LogP contribution in [0, 0.1) is 11.8 Å². The molecule has 4 N–H and O–H groups in total. The molecule has 1 aliphatic rings. The quantitative estimate of drug-likeness (QED) is 0.837. The van der Waals surface area contributed by atoms with Crippen molar-refractivity contribution < 1.29 is 8.42 Å². The fourth-order valence-corrected chi connectivity index (χ4v) is 3.54. The number of primary sulfonamides is 1. The zero-order valence-corrected chi connectivity index (χ0v) is 13.6. The zero-order chi connectivity index (χ0) is 15.6. The Kier molecular flexibility index (Phi) is 4.78. The third-order valence-electron chi connectivity index (χ3n) is 4.39. The number of hydrogen-bond acceptors (Lipinski definition) is 4. The monoisotopic (exact) mass is 311 g/mol. The molecule has 118 valence electrons. The Labute approximate surface area is 127 Å². The molecule has 1 aromatic rings. The summed E-state index contributed by atoms with van der Waals surface area (Å²) in [6, 6.07) is 4.68. The lowest BCUT2D eigenvalue weighted by Crippen LogP contribution is -2.26. The van der Waals surface area contributed by atoms with Crippen LogP contribution in [0.5, 0.6) is 0 Å². The minimum Gasteiger partial charge on any atom is -0.397 e. The molecule has 2 rings (SSSR count). The van der Waals surface area contributed by atoms with Gasteiger partial charge in [-0.1, -0.05) is 13.8 Å². The molecule has 0 saturated carbocycles. The van der Waals surface area contributed by atoms with Crippen molar-refractivity contribution in [1.29, 1.82) is 0 Å². The summed E-state index contributed by atoms with van der Waals surface area (Å²) in [7, 11) is -3.70. The largest absolute Gasteiger partial charge is 0.397 e. The molecule has 1 atom stereocenters. The van der Waals surface area contributed by atoms with Crippen LogP contribution in [-0.4, -0.2) is 21.5 Å². The highest BCUT2D eigenvalue weighted by molar-refractivity contribution is 7.89. The molecular weight excluding hydrogens is 286 g/mol. The molecule has 0 bridgehead atoms. The Hall–Kier alpha value is -1.27. The van der Waals surface area contributed by atoms with E-state index in [1.807, 2.05) is 0 Å². The summed E-state index contributed by atoms with van der Waals surface area (Å²) < 4.78 is 23.0. The van der Waals surface area contributed by atoms with E-state index in [1.54, 1.807) is 12.1 Å². The van der Waals surface area contributed by atoms with Crippen LogP contribution in [-0.2, 0) is 10.0 Å². The highest BCUT2D eigenvalue weighted by Crippen LogP contribution is 2.31. The molecule has 1 aliphatic heterocycles. The van der Waals surface area contributed by atoms with E-state index in [1.165, 1.54) is 12.5 Å². The second kappa shape index (κ2) is 6.23. The molecular formula is C15H25N3O2S. The number of hydrogen-bond donors (Lipinski definition) is 2. The van der Waals surface area contributed by atoms with Gasteiger partial charge in [-0.25, -0.2) is 13.6 Å². The lowest BCUT2D eigenvalue weighted by molar-refractivity contribution is 0.351. The first-order chi connectivity index (χ1) is 9.79. The molecule has 1 fully saturated rings. The van der Waals surface area contributed by atoms with Gasteiger partial charge in [-0.15, -0.1) is 0 Å². The lowest BCUT2D eigenvalue weighted by atomic mass is 9.89. The number of nitrogens with zero attached hydrogens (tertiary/aromatic N) is 1. The van der Waals surface area contributed by atoms with Gasteiger partial charge in [-0.2, -0.15) is 0 Å². The van der Waals surface area contributed by atoms with Gasteiger partial charge in [0, 0.05) is 13.1 Å². The van der Waals surface area contributed by atoms with E-state index in [2.05, 4.69) is 18.7 Å². The third-order valence-corrected chi connectivity index (χ3v) is 5.30. The van der Waals surface area contributed by atoms with Gasteiger partial charge in [0.15, 0.2) is 0 Å². The lowest BCUT2D eigenvalue weighted by Gasteiger charge is -2.25. The van der Waals surface area contributed by atoms with Crippen LogP contribution in [0.1, 0.15) is 33.1 Å². The van der Waals surface area contributed by atoms with E-state index in [0.717, 1.165) is 37.5 Å². The normalized spacial score (nSPS) is 20.6. The summed E-state index contributed by atoms with van der Waals surface area (Å²) in [6.07, 6.45) is 3.42.